The van der Waals surface area contributed by atoms with Crippen LogP contribution in [0.3, 0.4) is 0 Å². The van der Waals surface area contributed by atoms with Gasteiger partial charge in [0, 0.05) is 5.69 Å². The first kappa shape index (κ1) is 13.3. The molecule has 0 saturated carbocycles. The molecule has 1 aromatic carbocycles. The number of halogens is 2. The van der Waals surface area contributed by atoms with Crippen LogP contribution in [0.2, 0.25) is 5.15 Å². The molecule has 2 rings (SSSR count). The van der Waals surface area contributed by atoms with Gasteiger partial charge < -0.3 is 11.1 Å². The number of hydrogen-bond donors (Lipinski definition) is 2. The van der Waals surface area contributed by atoms with Crippen molar-refractivity contribution < 1.29 is 9.18 Å². The molecule has 0 aliphatic heterocycles. The van der Waals surface area contributed by atoms with Gasteiger partial charge in [-0.3, -0.25) is 4.79 Å². The Hall–Kier alpha value is -2.14. The highest BCUT2D eigenvalue weighted by Gasteiger charge is 2.12. The molecule has 6 heteroatoms. The molecule has 0 spiro atoms. The molecule has 0 aliphatic rings. The molecule has 98 valence electrons. The van der Waals surface area contributed by atoms with Crippen molar-refractivity contribution in [2.75, 3.05) is 11.1 Å². The predicted molar refractivity (Wildman–Crippen MR) is 72.7 cm³/mol. The number of nitrogens with two attached hydrogens (primary N) is 1. The van der Waals surface area contributed by atoms with Gasteiger partial charge in [0.25, 0.3) is 5.91 Å². The maximum Gasteiger partial charge on any atom is 0.258 e. The van der Waals surface area contributed by atoms with E-state index in [9.17, 15) is 9.18 Å². The summed E-state index contributed by atoms with van der Waals surface area (Å²) in [6.07, 6.45) is 1.41. The third-order valence-corrected chi connectivity index (χ3v) is 2.91. The van der Waals surface area contributed by atoms with Gasteiger partial charge in [-0.15, -0.1) is 0 Å². The highest BCUT2D eigenvalue weighted by Crippen LogP contribution is 2.18. The molecule has 0 unspecified atom stereocenters. The molecule has 0 fully saturated rings. The van der Waals surface area contributed by atoms with E-state index in [0.29, 0.717) is 10.8 Å². The lowest BCUT2D eigenvalue weighted by Gasteiger charge is -2.07. The van der Waals surface area contributed by atoms with Gasteiger partial charge in [-0.1, -0.05) is 11.6 Å². The number of nitrogens with zero attached hydrogens (tertiary/aromatic N) is 1. The van der Waals surface area contributed by atoms with Crippen molar-refractivity contribution in [3.8, 4) is 0 Å². The van der Waals surface area contributed by atoms with Crippen molar-refractivity contribution in [3.05, 3.63) is 52.6 Å². The number of aryl methyl sites for hydroxylation is 1. The second kappa shape index (κ2) is 5.24. The summed E-state index contributed by atoms with van der Waals surface area (Å²) in [6.45, 7) is 1.76. The Labute approximate surface area is 114 Å². The van der Waals surface area contributed by atoms with E-state index in [1.54, 1.807) is 13.0 Å². The summed E-state index contributed by atoms with van der Waals surface area (Å²) in [7, 11) is 0. The average Bonchev–Trinajstić information content (AvgIpc) is 2.33. The zero-order chi connectivity index (χ0) is 14.0. The second-order valence-electron chi connectivity index (χ2n) is 4.03. The Balaban J connectivity index is 2.23. The van der Waals surface area contributed by atoms with Crippen molar-refractivity contribution >= 4 is 28.9 Å². The van der Waals surface area contributed by atoms with Gasteiger partial charge in [0.05, 0.1) is 17.4 Å². The minimum absolute atomic E-state index is 0.0817. The number of carbonyl (C=O) groups excluding carboxylic acids is 1. The Bertz CT molecular complexity index is 646. The van der Waals surface area contributed by atoms with Gasteiger partial charge in [-0.25, -0.2) is 9.37 Å². The van der Waals surface area contributed by atoms with E-state index in [1.165, 1.54) is 18.3 Å². The average molecular weight is 280 g/mol. The van der Waals surface area contributed by atoms with E-state index in [1.807, 2.05) is 0 Å². The van der Waals surface area contributed by atoms with Crippen molar-refractivity contribution in [2.24, 2.45) is 0 Å². The summed E-state index contributed by atoms with van der Waals surface area (Å²) in [5.41, 5.74) is 6.77. The Kier molecular flexibility index (Phi) is 3.66. The Morgan fingerprint density at radius 2 is 2.16 bits per heavy atom. The molecule has 2 aromatic rings. The minimum Gasteiger partial charge on any atom is -0.399 e. The number of anilines is 2. The molecular weight excluding hydrogens is 269 g/mol. The number of hydrogen-bond acceptors (Lipinski definition) is 3. The number of nitrogen functional groups attached to an aromatic ring is 1. The summed E-state index contributed by atoms with van der Waals surface area (Å²) in [5, 5.41) is 2.90. The van der Waals surface area contributed by atoms with Crippen LogP contribution in [0.15, 0.2) is 30.5 Å². The summed E-state index contributed by atoms with van der Waals surface area (Å²) < 4.78 is 13.6. The molecule has 3 N–H and O–H groups in total. The van der Waals surface area contributed by atoms with E-state index >= 15 is 0 Å². The standard InChI is InChI=1S/C13H11ClFN3O/c1-7-4-9(6-17-12(7)14)18-13(19)10-3-2-8(16)5-11(10)15/h2-6H,16H2,1H3,(H,18,19). The van der Waals surface area contributed by atoms with Crippen molar-refractivity contribution in [2.45, 2.75) is 6.92 Å². The summed E-state index contributed by atoms with van der Waals surface area (Å²) in [4.78, 5) is 15.8. The van der Waals surface area contributed by atoms with Gasteiger partial charge in [0.2, 0.25) is 0 Å². The van der Waals surface area contributed by atoms with Gasteiger partial charge in [-0.2, -0.15) is 0 Å². The van der Waals surface area contributed by atoms with Gasteiger partial charge >= 0.3 is 0 Å². The maximum absolute atomic E-state index is 13.6. The van der Waals surface area contributed by atoms with Gasteiger partial charge in [0.15, 0.2) is 0 Å². The third-order valence-electron chi connectivity index (χ3n) is 2.51. The summed E-state index contributed by atoms with van der Waals surface area (Å²) >= 11 is 5.78. The van der Waals surface area contributed by atoms with Crippen molar-refractivity contribution in [1.29, 1.82) is 0 Å². The van der Waals surface area contributed by atoms with Crippen LogP contribution in [-0.4, -0.2) is 10.9 Å². The zero-order valence-electron chi connectivity index (χ0n) is 10.1. The summed E-state index contributed by atoms with van der Waals surface area (Å²) in [5.74, 6) is -1.24. The van der Waals surface area contributed by atoms with E-state index in [0.717, 1.165) is 11.6 Å². The fraction of sp³-hybridized carbons (Fsp3) is 0.0769. The van der Waals surface area contributed by atoms with Crippen LogP contribution >= 0.6 is 11.6 Å². The number of aromatic nitrogens is 1. The molecule has 0 atom stereocenters. The second-order valence-corrected chi connectivity index (χ2v) is 4.38. The lowest BCUT2D eigenvalue weighted by molar-refractivity contribution is 0.102. The van der Waals surface area contributed by atoms with Crippen LogP contribution in [0.1, 0.15) is 15.9 Å². The predicted octanol–water partition coefficient (Wildman–Crippen LogP) is 3.02. The number of amides is 1. The number of nitrogens with one attached hydrogen (secondary N) is 1. The molecule has 1 heterocycles. The molecule has 19 heavy (non-hydrogen) atoms. The van der Waals surface area contributed by atoms with E-state index in [2.05, 4.69) is 10.3 Å². The quantitative estimate of drug-likeness (QED) is 0.656. The lowest BCUT2D eigenvalue weighted by Crippen LogP contribution is -2.14. The van der Waals surface area contributed by atoms with Crippen LogP contribution in [-0.2, 0) is 0 Å². The highest BCUT2D eigenvalue weighted by atomic mass is 35.5. The number of benzene rings is 1. The first-order chi connectivity index (χ1) is 8.97. The van der Waals surface area contributed by atoms with Crippen molar-refractivity contribution in [3.63, 3.8) is 0 Å². The van der Waals surface area contributed by atoms with Crippen molar-refractivity contribution in [1.82, 2.24) is 4.98 Å². The van der Waals surface area contributed by atoms with Crippen LogP contribution in [0.25, 0.3) is 0 Å². The largest absolute Gasteiger partial charge is 0.399 e. The fourth-order valence-electron chi connectivity index (χ4n) is 1.54. The SMILES string of the molecule is Cc1cc(NC(=O)c2ccc(N)cc2F)cnc1Cl. The van der Waals surface area contributed by atoms with E-state index < -0.39 is 11.7 Å². The van der Waals surface area contributed by atoms with Crippen LogP contribution in [0, 0.1) is 12.7 Å². The normalized spacial score (nSPS) is 10.3. The molecule has 0 aliphatic carbocycles. The summed E-state index contributed by atoms with van der Waals surface area (Å²) in [6, 6.07) is 5.54. The first-order valence-electron chi connectivity index (χ1n) is 5.46. The molecular formula is C13H11ClFN3O. The van der Waals surface area contributed by atoms with E-state index in [-0.39, 0.29) is 11.3 Å². The molecule has 0 bridgehead atoms. The first-order valence-corrected chi connectivity index (χ1v) is 5.83. The van der Waals surface area contributed by atoms with Crippen LogP contribution in [0.5, 0.6) is 0 Å². The van der Waals surface area contributed by atoms with E-state index in [4.69, 9.17) is 17.3 Å². The molecule has 0 saturated heterocycles. The van der Waals surface area contributed by atoms with Gasteiger partial charge in [0.1, 0.15) is 11.0 Å². The smallest absolute Gasteiger partial charge is 0.258 e. The Morgan fingerprint density at radius 3 is 2.79 bits per heavy atom. The fourth-order valence-corrected chi connectivity index (χ4v) is 1.64. The molecule has 4 nitrogen and oxygen atoms in total. The maximum atomic E-state index is 13.6. The molecule has 0 radical (unpaired) electrons. The zero-order valence-corrected chi connectivity index (χ0v) is 10.8. The monoisotopic (exact) mass is 279 g/mol. The third kappa shape index (κ3) is 3.00. The lowest BCUT2D eigenvalue weighted by atomic mass is 10.1. The molecule has 1 aromatic heterocycles. The molecule has 1 amide bonds. The number of pyridine rings is 1. The van der Waals surface area contributed by atoms with Crippen LogP contribution < -0.4 is 11.1 Å². The minimum atomic E-state index is -0.670. The number of rotatable bonds is 2. The highest BCUT2D eigenvalue weighted by molar-refractivity contribution is 6.30. The number of carbonyl (C=O) groups is 1. The topological polar surface area (TPSA) is 68.0 Å². The van der Waals surface area contributed by atoms with Crippen LogP contribution in [0.4, 0.5) is 15.8 Å². The van der Waals surface area contributed by atoms with Gasteiger partial charge in [-0.05, 0) is 36.8 Å². The Morgan fingerprint density at radius 1 is 1.42 bits per heavy atom.